The van der Waals surface area contributed by atoms with E-state index in [1.807, 2.05) is 19.1 Å². The summed E-state index contributed by atoms with van der Waals surface area (Å²) >= 11 is 3.37. The number of nitriles is 1. The van der Waals surface area contributed by atoms with Gasteiger partial charge in [-0.3, -0.25) is 4.79 Å². The number of amides is 1. The molecule has 0 aliphatic heterocycles. The summed E-state index contributed by atoms with van der Waals surface area (Å²) in [5, 5.41) is 12.0. The Balaban J connectivity index is 2.21. The van der Waals surface area contributed by atoms with Crippen LogP contribution in [0.5, 0.6) is 11.5 Å². The van der Waals surface area contributed by atoms with Crippen LogP contribution in [0.4, 0.5) is 5.69 Å². The molecule has 2 aromatic rings. The number of carbonyl (C=O) groups is 1. The van der Waals surface area contributed by atoms with Gasteiger partial charge in [0.1, 0.15) is 23.1 Å². The number of methoxy groups -OCH3 is 1. The molecule has 128 valence electrons. The van der Waals surface area contributed by atoms with Crippen LogP contribution in [0.15, 0.2) is 52.5 Å². The SMILES string of the molecule is CCOc1ccc(NC(=O)/C(C#N)=C/c2cc(Br)ccc2OC)cc1. The van der Waals surface area contributed by atoms with Crippen LogP contribution >= 0.6 is 15.9 Å². The fraction of sp³-hybridized carbons (Fsp3) is 0.158. The summed E-state index contributed by atoms with van der Waals surface area (Å²) in [6, 6.07) is 14.2. The average molecular weight is 401 g/mol. The monoisotopic (exact) mass is 400 g/mol. The molecular formula is C19H17BrN2O3. The third-order valence-corrected chi connectivity index (χ3v) is 3.77. The van der Waals surface area contributed by atoms with Crippen molar-refractivity contribution in [1.29, 1.82) is 5.26 Å². The van der Waals surface area contributed by atoms with Crippen LogP contribution in [-0.4, -0.2) is 19.6 Å². The number of hydrogen-bond donors (Lipinski definition) is 1. The number of hydrogen-bond acceptors (Lipinski definition) is 4. The first-order chi connectivity index (χ1) is 12.1. The Bertz CT molecular complexity index is 824. The molecular weight excluding hydrogens is 384 g/mol. The lowest BCUT2D eigenvalue weighted by atomic mass is 10.1. The second-order valence-electron chi connectivity index (χ2n) is 4.97. The van der Waals surface area contributed by atoms with Gasteiger partial charge in [0.25, 0.3) is 5.91 Å². The predicted octanol–water partition coefficient (Wildman–Crippen LogP) is 4.40. The zero-order chi connectivity index (χ0) is 18.2. The molecule has 0 radical (unpaired) electrons. The molecule has 1 N–H and O–H groups in total. The maximum Gasteiger partial charge on any atom is 0.266 e. The Morgan fingerprint density at radius 2 is 2.00 bits per heavy atom. The number of benzene rings is 2. The van der Waals surface area contributed by atoms with Crippen molar-refractivity contribution in [2.45, 2.75) is 6.92 Å². The Hall–Kier alpha value is -2.78. The van der Waals surface area contributed by atoms with Crippen LogP contribution in [0, 0.1) is 11.3 Å². The summed E-state index contributed by atoms with van der Waals surface area (Å²) in [5.41, 5.74) is 1.19. The highest BCUT2D eigenvalue weighted by Crippen LogP contribution is 2.25. The lowest BCUT2D eigenvalue weighted by Crippen LogP contribution is -2.13. The molecule has 6 heteroatoms. The van der Waals surface area contributed by atoms with E-state index in [-0.39, 0.29) is 5.57 Å². The molecule has 0 aliphatic rings. The molecule has 1 amide bonds. The minimum atomic E-state index is -0.492. The highest BCUT2D eigenvalue weighted by atomic mass is 79.9. The van der Waals surface area contributed by atoms with E-state index in [0.717, 1.165) is 10.2 Å². The summed E-state index contributed by atoms with van der Waals surface area (Å²) in [6.45, 7) is 2.47. The predicted molar refractivity (Wildman–Crippen MR) is 101 cm³/mol. The molecule has 0 heterocycles. The van der Waals surface area contributed by atoms with E-state index in [1.165, 1.54) is 13.2 Å². The number of anilines is 1. The second-order valence-corrected chi connectivity index (χ2v) is 5.88. The maximum atomic E-state index is 12.4. The van der Waals surface area contributed by atoms with Crippen molar-refractivity contribution < 1.29 is 14.3 Å². The van der Waals surface area contributed by atoms with Gasteiger partial charge < -0.3 is 14.8 Å². The van der Waals surface area contributed by atoms with Gasteiger partial charge in [0.05, 0.1) is 13.7 Å². The van der Waals surface area contributed by atoms with Gasteiger partial charge in [-0.25, -0.2) is 0 Å². The molecule has 0 aromatic heterocycles. The number of carbonyl (C=O) groups excluding carboxylic acids is 1. The molecule has 5 nitrogen and oxygen atoms in total. The van der Waals surface area contributed by atoms with E-state index in [4.69, 9.17) is 9.47 Å². The normalized spacial score (nSPS) is 10.7. The number of nitrogens with zero attached hydrogens (tertiary/aromatic N) is 1. The molecule has 0 unspecified atom stereocenters. The first kappa shape index (κ1) is 18.6. The van der Waals surface area contributed by atoms with Crippen molar-refractivity contribution in [3.8, 4) is 17.6 Å². The molecule has 0 bridgehead atoms. The van der Waals surface area contributed by atoms with Crippen molar-refractivity contribution >= 4 is 33.6 Å². The van der Waals surface area contributed by atoms with E-state index in [1.54, 1.807) is 36.4 Å². The molecule has 0 saturated carbocycles. The van der Waals surface area contributed by atoms with Crippen molar-refractivity contribution in [3.05, 3.63) is 58.1 Å². The Labute approximate surface area is 155 Å². The largest absolute Gasteiger partial charge is 0.496 e. The van der Waals surface area contributed by atoms with Crippen molar-refractivity contribution in [1.82, 2.24) is 0 Å². The summed E-state index contributed by atoms with van der Waals surface area (Å²) in [6.07, 6.45) is 1.49. The fourth-order valence-electron chi connectivity index (χ4n) is 2.12. The lowest BCUT2D eigenvalue weighted by Gasteiger charge is -2.08. The van der Waals surface area contributed by atoms with E-state index in [2.05, 4.69) is 21.2 Å². The summed E-state index contributed by atoms with van der Waals surface area (Å²) in [5.74, 6) is 0.800. The minimum Gasteiger partial charge on any atom is -0.496 e. The number of nitrogens with one attached hydrogen (secondary N) is 1. The second kappa shape index (κ2) is 8.90. The van der Waals surface area contributed by atoms with Gasteiger partial charge in [-0.2, -0.15) is 5.26 Å². The van der Waals surface area contributed by atoms with Gasteiger partial charge in [0.15, 0.2) is 0 Å². The van der Waals surface area contributed by atoms with E-state index >= 15 is 0 Å². The standard InChI is InChI=1S/C19H17BrN2O3/c1-3-25-17-7-5-16(6-8-17)22-19(23)14(12-21)10-13-11-15(20)4-9-18(13)24-2/h4-11H,3H2,1-2H3,(H,22,23)/b14-10+. The highest BCUT2D eigenvalue weighted by Gasteiger charge is 2.11. The minimum absolute atomic E-state index is 0.0229. The third kappa shape index (κ3) is 5.10. The van der Waals surface area contributed by atoms with Crippen LogP contribution in [0.2, 0.25) is 0 Å². The van der Waals surface area contributed by atoms with Crippen LogP contribution in [-0.2, 0) is 4.79 Å². The van der Waals surface area contributed by atoms with E-state index < -0.39 is 5.91 Å². The van der Waals surface area contributed by atoms with Gasteiger partial charge in [-0.1, -0.05) is 15.9 Å². The van der Waals surface area contributed by atoms with Gasteiger partial charge in [0, 0.05) is 15.7 Å². The zero-order valence-corrected chi connectivity index (χ0v) is 15.5. The van der Waals surface area contributed by atoms with E-state index in [9.17, 15) is 10.1 Å². The third-order valence-electron chi connectivity index (χ3n) is 3.28. The summed E-state index contributed by atoms with van der Waals surface area (Å²) in [4.78, 5) is 12.4. The van der Waals surface area contributed by atoms with Crippen molar-refractivity contribution in [2.24, 2.45) is 0 Å². The quantitative estimate of drug-likeness (QED) is 0.575. The Morgan fingerprint density at radius 3 is 2.60 bits per heavy atom. The smallest absolute Gasteiger partial charge is 0.266 e. The van der Waals surface area contributed by atoms with Crippen LogP contribution in [0.3, 0.4) is 0 Å². The first-order valence-electron chi connectivity index (χ1n) is 7.57. The summed E-state index contributed by atoms with van der Waals surface area (Å²) in [7, 11) is 1.53. The van der Waals surface area contributed by atoms with Gasteiger partial charge in [-0.05, 0) is 55.5 Å². The van der Waals surface area contributed by atoms with Crippen molar-refractivity contribution in [2.75, 3.05) is 19.0 Å². The molecule has 2 rings (SSSR count). The molecule has 0 fully saturated rings. The Kier molecular flexibility index (Phi) is 6.61. The van der Waals surface area contributed by atoms with Crippen LogP contribution < -0.4 is 14.8 Å². The van der Waals surface area contributed by atoms with Crippen molar-refractivity contribution in [3.63, 3.8) is 0 Å². The van der Waals surface area contributed by atoms with Gasteiger partial charge >= 0.3 is 0 Å². The maximum absolute atomic E-state index is 12.4. The topological polar surface area (TPSA) is 71.3 Å². The van der Waals surface area contributed by atoms with Gasteiger partial charge in [-0.15, -0.1) is 0 Å². The molecule has 2 aromatic carbocycles. The lowest BCUT2D eigenvalue weighted by molar-refractivity contribution is -0.112. The highest BCUT2D eigenvalue weighted by molar-refractivity contribution is 9.10. The van der Waals surface area contributed by atoms with Crippen LogP contribution in [0.25, 0.3) is 6.08 Å². The number of ether oxygens (including phenoxy) is 2. The number of rotatable bonds is 6. The summed E-state index contributed by atoms with van der Waals surface area (Å²) < 4.78 is 11.4. The molecule has 0 spiro atoms. The van der Waals surface area contributed by atoms with E-state index in [0.29, 0.717) is 23.6 Å². The Morgan fingerprint density at radius 1 is 1.28 bits per heavy atom. The van der Waals surface area contributed by atoms with Gasteiger partial charge in [0.2, 0.25) is 0 Å². The number of halogens is 1. The molecule has 25 heavy (non-hydrogen) atoms. The fourth-order valence-corrected chi connectivity index (χ4v) is 2.50. The molecule has 0 saturated heterocycles. The first-order valence-corrected chi connectivity index (χ1v) is 8.36. The van der Waals surface area contributed by atoms with Crippen LogP contribution in [0.1, 0.15) is 12.5 Å². The average Bonchev–Trinajstić information content (AvgIpc) is 2.61. The molecule has 0 aliphatic carbocycles. The molecule has 0 atom stereocenters. The zero-order valence-electron chi connectivity index (χ0n) is 13.9.